The van der Waals surface area contributed by atoms with Crippen LogP contribution in [0.25, 0.3) is 11.1 Å². The molecule has 0 radical (unpaired) electrons. The van der Waals surface area contributed by atoms with Crippen LogP contribution in [0.15, 0.2) is 109 Å². The summed E-state index contributed by atoms with van der Waals surface area (Å²) in [5, 5.41) is 0. The fourth-order valence-corrected chi connectivity index (χ4v) is 8.97. The van der Waals surface area contributed by atoms with Crippen molar-refractivity contribution in [1.82, 2.24) is 0 Å². The van der Waals surface area contributed by atoms with Gasteiger partial charge in [0.2, 0.25) is 0 Å². The van der Waals surface area contributed by atoms with Crippen LogP contribution in [0.2, 0.25) is 0 Å². The first-order valence-corrected chi connectivity index (χ1v) is 17.1. The van der Waals surface area contributed by atoms with Gasteiger partial charge in [0.25, 0.3) is 0 Å². The topological polar surface area (TPSA) is 0 Å². The number of allylic oxidation sites excluding steroid dienone is 5. The molecule has 0 heterocycles. The summed E-state index contributed by atoms with van der Waals surface area (Å²) >= 11 is 10.1. The van der Waals surface area contributed by atoms with Crippen molar-refractivity contribution in [3.63, 3.8) is 0 Å². The predicted octanol–water partition coefficient (Wildman–Crippen LogP) is 11.3. The van der Waals surface area contributed by atoms with E-state index < -0.39 is 5.41 Å². The van der Waals surface area contributed by atoms with Gasteiger partial charge in [-0.3, -0.25) is 0 Å². The van der Waals surface area contributed by atoms with E-state index in [1.807, 2.05) is 0 Å². The number of fused-ring (bicyclic) bond motifs is 2. The third-order valence-electron chi connectivity index (χ3n) is 8.15. The molecule has 194 valence electrons. The first kappa shape index (κ1) is 28.2. The Morgan fingerprint density at radius 3 is 1.67 bits per heavy atom. The molecular weight excluding hydrogens is 928 g/mol. The van der Waals surface area contributed by atoms with Gasteiger partial charge in [-0.25, -0.2) is 0 Å². The quantitative estimate of drug-likeness (QED) is 0.142. The number of alkyl halides is 2. The molecule has 4 heteroatoms. The van der Waals surface area contributed by atoms with E-state index in [1.54, 1.807) is 0 Å². The van der Waals surface area contributed by atoms with Crippen molar-refractivity contribution in [3.05, 3.63) is 160 Å². The zero-order valence-corrected chi connectivity index (χ0v) is 30.5. The highest BCUT2D eigenvalue weighted by Crippen LogP contribution is 2.60. The maximum absolute atomic E-state index is 4.91. The number of hydrogen-bond acceptors (Lipinski definition) is 0. The molecule has 4 aromatic carbocycles. The molecule has 0 amide bonds. The first-order valence-electron chi connectivity index (χ1n) is 12.8. The predicted molar refractivity (Wildman–Crippen MR) is 200 cm³/mol. The molecule has 0 saturated heterocycles. The van der Waals surface area contributed by atoms with Crippen molar-refractivity contribution in [2.24, 2.45) is 0 Å². The van der Waals surface area contributed by atoms with E-state index in [-0.39, 0.29) is 1.43 Å². The summed E-state index contributed by atoms with van der Waals surface area (Å²) in [6.45, 7) is 11.6. The smallest absolute Gasteiger partial charge is 0.0936 e. The molecule has 39 heavy (non-hydrogen) atoms. The van der Waals surface area contributed by atoms with Crippen LogP contribution in [0.5, 0.6) is 0 Å². The van der Waals surface area contributed by atoms with E-state index in [2.05, 4.69) is 202 Å². The fraction of sp³-hybridized carbons (Fsp3) is 0.143. The Kier molecular flexibility index (Phi) is 7.49. The lowest BCUT2D eigenvalue weighted by Gasteiger charge is -2.34. The molecule has 2 aliphatic carbocycles. The van der Waals surface area contributed by atoms with Crippen LogP contribution in [-0.4, -0.2) is 0 Å². The minimum Gasteiger partial charge on any atom is -0.0936 e. The van der Waals surface area contributed by atoms with Gasteiger partial charge in [0.05, 0.1) is 5.41 Å². The van der Waals surface area contributed by atoms with Gasteiger partial charge in [-0.2, -0.15) is 0 Å². The van der Waals surface area contributed by atoms with Gasteiger partial charge < -0.3 is 0 Å². The van der Waals surface area contributed by atoms with Crippen LogP contribution in [0.3, 0.4) is 0 Å². The number of halogens is 4. The van der Waals surface area contributed by atoms with E-state index in [4.69, 9.17) is 6.58 Å². The molecule has 2 aliphatic rings. The number of hydrogen-bond donors (Lipinski definition) is 0. The maximum Gasteiger partial charge on any atom is 0.124 e. The van der Waals surface area contributed by atoms with Gasteiger partial charge >= 0.3 is 0 Å². The number of aryl methyl sites for hydroxylation is 2. The van der Waals surface area contributed by atoms with Crippen LogP contribution in [0, 0.1) is 21.0 Å². The maximum atomic E-state index is 4.91. The van der Waals surface area contributed by atoms with Gasteiger partial charge in [-0.15, -0.1) is 0 Å². The molecule has 6 rings (SSSR count). The first-order chi connectivity index (χ1) is 18.5. The Morgan fingerprint density at radius 2 is 1.13 bits per heavy atom. The molecule has 0 saturated carbocycles. The summed E-state index contributed by atoms with van der Waals surface area (Å²) in [6, 6.07) is 31.9. The fourth-order valence-electron chi connectivity index (χ4n) is 6.23. The summed E-state index contributed by atoms with van der Waals surface area (Å²) in [5.74, 6) is 0. The summed E-state index contributed by atoms with van der Waals surface area (Å²) in [4.78, 5) is 0. The Bertz CT molecular complexity index is 1670. The lowest BCUT2D eigenvalue weighted by Crippen LogP contribution is -2.28. The van der Waals surface area contributed by atoms with Crippen molar-refractivity contribution >= 4 is 102 Å². The van der Waals surface area contributed by atoms with E-state index in [0.29, 0.717) is 0 Å². The molecule has 0 atom stereocenters. The molecule has 0 fully saturated rings. The standard InChI is InChI=1S/C35H26I4/c1-20-6-16-29-30(19-31-22(3)28-15-5-21(2)18-33(28)35(31,38)39)23(4)34(32(29)17-20,24-7-11-26(36)12-8-24)25-9-13-27(37)14-10-25/h5-19H,4H2,1-3H3/b30-19+. The Morgan fingerprint density at radius 1 is 0.641 bits per heavy atom. The zero-order chi connectivity index (χ0) is 27.7. The SMILES string of the molecule is C=C1/C(=C\C2=C(C)c3ccc(C)cc3C2(I)I)c2ccc(C)cc2C1(c1ccc(I)cc1)c1ccc(I)cc1. The minimum atomic E-state index is -0.461. The van der Waals surface area contributed by atoms with Gasteiger partial charge in [-0.1, -0.05) is 124 Å². The molecule has 0 aromatic heterocycles. The van der Waals surface area contributed by atoms with E-state index in [9.17, 15) is 0 Å². The molecule has 0 bridgehead atoms. The third kappa shape index (κ3) is 4.45. The van der Waals surface area contributed by atoms with Gasteiger partial charge in [0.1, 0.15) is 1.43 Å². The average Bonchev–Trinajstić information content (AvgIpc) is 3.25. The normalized spacial score (nSPS) is 18.0. The highest BCUT2D eigenvalue weighted by molar-refractivity contribution is 14.2. The lowest BCUT2D eigenvalue weighted by atomic mass is 9.68. The van der Waals surface area contributed by atoms with Crippen LogP contribution >= 0.6 is 90.4 Å². The van der Waals surface area contributed by atoms with Crippen LogP contribution < -0.4 is 0 Å². The van der Waals surface area contributed by atoms with Crippen molar-refractivity contribution in [2.45, 2.75) is 27.6 Å². The second-order valence-electron chi connectivity index (χ2n) is 10.5. The molecular formula is C35H26I4. The second kappa shape index (κ2) is 10.4. The van der Waals surface area contributed by atoms with Crippen molar-refractivity contribution < 1.29 is 0 Å². The van der Waals surface area contributed by atoms with Crippen molar-refractivity contribution in [1.29, 1.82) is 0 Å². The molecule has 4 aromatic rings. The highest BCUT2D eigenvalue weighted by Gasteiger charge is 2.48. The summed E-state index contributed by atoms with van der Waals surface area (Å²) in [7, 11) is 0. The summed E-state index contributed by atoms with van der Waals surface area (Å²) in [6.07, 6.45) is 2.45. The minimum absolute atomic E-state index is 0.143. The van der Waals surface area contributed by atoms with Crippen LogP contribution in [0.1, 0.15) is 51.4 Å². The van der Waals surface area contributed by atoms with Crippen LogP contribution in [-0.2, 0) is 6.84 Å². The monoisotopic (exact) mass is 954 g/mol. The highest BCUT2D eigenvalue weighted by atomic mass is 127. The molecule has 0 spiro atoms. The lowest BCUT2D eigenvalue weighted by molar-refractivity contribution is 0.770. The van der Waals surface area contributed by atoms with Crippen molar-refractivity contribution in [3.8, 4) is 0 Å². The van der Waals surface area contributed by atoms with Crippen molar-refractivity contribution in [2.75, 3.05) is 0 Å². The van der Waals surface area contributed by atoms with E-state index >= 15 is 0 Å². The number of benzene rings is 4. The summed E-state index contributed by atoms with van der Waals surface area (Å²) < 4.78 is 2.32. The van der Waals surface area contributed by atoms with Gasteiger partial charge in [0.15, 0.2) is 0 Å². The Labute approximate surface area is 286 Å². The molecule has 0 nitrogen and oxygen atoms in total. The summed E-state index contributed by atoms with van der Waals surface area (Å²) in [5.41, 5.74) is 15.0. The van der Waals surface area contributed by atoms with Crippen LogP contribution in [0.4, 0.5) is 0 Å². The average molecular weight is 954 g/mol. The molecule has 0 N–H and O–H groups in total. The number of rotatable bonds is 3. The molecule has 0 aliphatic heterocycles. The van der Waals surface area contributed by atoms with E-state index in [0.717, 1.165) is 5.57 Å². The molecule has 0 unspecified atom stereocenters. The Balaban J connectivity index is 1.66. The second-order valence-corrected chi connectivity index (χ2v) is 18.3. The Hall–Kier alpha value is -0.980. The third-order valence-corrected chi connectivity index (χ3v) is 11.9. The zero-order valence-electron chi connectivity index (χ0n) is 21.9. The van der Waals surface area contributed by atoms with Gasteiger partial charge in [-0.05, 0) is 152 Å². The van der Waals surface area contributed by atoms with Gasteiger partial charge in [0, 0.05) is 7.14 Å². The largest absolute Gasteiger partial charge is 0.124 e. The van der Waals surface area contributed by atoms with E-state index in [1.165, 1.54) is 68.4 Å².